The van der Waals surface area contributed by atoms with Crippen molar-refractivity contribution >= 4 is 5.82 Å². The molecule has 0 atom stereocenters. The summed E-state index contributed by atoms with van der Waals surface area (Å²) >= 11 is 0. The van der Waals surface area contributed by atoms with Crippen LogP contribution in [-0.4, -0.2) is 41.4 Å². The molecule has 0 saturated heterocycles. The van der Waals surface area contributed by atoms with Gasteiger partial charge in [0.1, 0.15) is 5.82 Å². The van der Waals surface area contributed by atoms with Gasteiger partial charge in [-0.3, -0.25) is 0 Å². The number of rotatable bonds is 7. The second-order valence-electron chi connectivity index (χ2n) is 3.89. The largest absolute Gasteiger partial charge is 0.394 e. The monoisotopic (exact) mass is 259 g/mol. The van der Waals surface area contributed by atoms with Crippen LogP contribution in [0.1, 0.15) is 0 Å². The van der Waals surface area contributed by atoms with Crippen LogP contribution in [0.15, 0.2) is 42.6 Å². The van der Waals surface area contributed by atoms with E-state index in [2.05, 4.69) is 15.3 Å². The number of aromatic nitrogens is 2. The Balaban J connectivity index is 1.92. The van der Waals surface area contributed by atoms with E-state index in [-0.39, 0.29) is 6.61 Å². The van der Waals surface area contributed by atoms with Gasteiger partial charge in [0.05, 0.1) is 19.8 Å². The highest BCUT2D eigenvalue weighted by Crippen LogP contribution is 2.15. The molecule has 5 heteroatoms. The smallest absolute Gasteiger partial charge is 0.161 e. The average molecular weight is 259 g/mol. The molecule has 1 aromatic carbocycles. The molecule has 0 aliphatic heterocycles. The Morgan fingerprint density at radius 1 is 1.11 bits per heavy atom. The average Bonchev–Trinajstić information content (AvgIpc) is 2.48. The summed E-state index contributed by atoms with van der Waals surface area (Å²) in [6, 6.07) is 11.7. The fourth-order valence-corrected chi connectivity index (χ4v) is 1.60. The fourth-order valence-electron chi connectivity index (χ4n) is 1.60. The van der Waals surface area contributed by atoms with Gasteiger partial charge in [0.2, 0.25) is 0 Å². The molecular weight excluding hydrogens is 242 g/mol. The minimum Gasteiger partial charge on any atom is -0.394 e. The predicted molar refractivity (Wildman–Crippen MR) is 73.9 cm³/mol. The lowest BCUT2D eigenvalue weighted by Crippen LogP contribution is -2.12. The first-order valence-electron chi connectivity index (χ1n) is 6.21. The van der Waals surface area contributed by atoms with E-state index in [0.717, 1.165) is 11.4 Å². The van der Waals surface area contributed by atoms with Crippen LogP contribution in [0.2, 0.25) is 0 Å². The molecular formula is C14H17N3O2. The number of aliphatic hydroxyl groups is 1. The van der Waals surface area contributed by atoms with Gasteiger partial charge in [-0.1, -0.05) is 30.3 Å². The van der Waals surface area contributed by atoms with Crippen LogP contribution < -0.4 is 5.32 Å². The molecule has 0 fully saturated rings. The molecule has 100 valence electrons. The molecule has 1 heterocycles. The molecule has 0 unspecified atom stereocenters. The van der Waals surface area contributed by atoms with Gasteiger partial charge in [-0.15, -0.1) is 0 Å². The maximum Gasteiger partial charge on any atom is 0.161 e. The summed E-state index contributed by atoms with van der Waals surface area (Å²) in [5, 5.41) is 11.7. The number of hydrogen-bond acceptors (Lipinski definition) is 5. The number of anilines is 1. The number of aliphatic hydroxyl groups excluding tert-OH is 1. The molecule has 19 heavy (non-hydrogen) atoms. The Kier molecular flexibility index (Phi) is 5.28. The second-order valence-corrected chi connectivity index (χ2v) is 3.89. The lowest BCUT2D eigenvalue weighted by Gasteiger charge is -2.07. The first-order valence-corrected chi connectivity index (χ1v) is 6.21. The summed E-state index contributed by atoms with van der Waals surface area (Å²) in [4.78, 5) is 8.69. The van der Waals surface area contributed by atoms with E-state index in [4.69, 9.17) is 9.84 Å². The molecule has 5 nitrogen and oxygen atoms in total. The van der Waals surface area contributed by atoms with Crippen LogP contribution in [0.4, 0.5) is 5.82 Å². The molecule has 1 aromatic heterocycles. The van der Waals surface area contributed by atoms with Crippen LogP contribution in [-0.2, 0) is 4.74 Å². The highest BCUT2D eigenvalue weighted by Gasteiger charge is 2.01. The molecule has 0 bridgehead atoms. The third kappa shape index (κ3) is 4.31. The van der Waals surface area contributed by atoms with Crippen molar-refractivity contribution in [2.45, 2.75) is 0 Å². The van der Waals surface area contributed by atoms with Gasteiger partial charge in [0, 0.05) is 18.3 Å². The summed E-state index contributed by atoms with van der Waals surface area (Å²) in [6.07, 6.45) is 1.73. The summed E-state index contributed by atoms with van der Waals surface area (Å²) < 4.78 is 5.16. The van der Waals surface area contributed by atoms with Gasteiger partial charge in [0.15, 0.2) is 5.82 Å². The van der Waals surface area contributed by atoms with Crippen molar-refractivity contribution < 1.29 is 9.84 Å². The lowest BCUT2D eigenvalue weighted by atomic mass is 10.2. The Bertz CT molecular complexity index is 491. The summed E-state index contributed by atoms with van der Waals surface area (Å²) in [5.74, 6) is 1.46. The van der Waals surface area contributed by atoms with Crippen molar-refractivity contribution in [3.8, 4) is 11.4 Å². The number of benzene rings is 1. The van der Waals surface area contributed by atoms with E-state index in [1.807, 2.05) is 36.4 Å². The fraction of sp³-hybridized carbons (Fsp3) is 0.286. The van der Waals surface area contributed by atoms with Crippen molar-refractivity contribution in [2.75, 3.05) is 31.7 Å². The van der Waals surface area contributed by atoms with Crippen molar-refractivity contribution in [1.82, 2.24) is 9.97 Å². The minimum absolute atomic E-state index is 0.0473. The quantitative estimate of drug-likeness (QED) is 0.739. The third-order valence-corrected chi connectivity index (χ3v) is 2.48. The third-order valence-electron chi connectivity index (χ3n) is 2.48. The van der Waals surface area contributed by atoms with Crippen molar-refractivity contribution in [3.05, 3.63) is 42.6 Å². The number of ether oxygens (including phenoxy) is 1. The van der Waals surface area contributed by atoms with Crippen molar-refractivity contribution in [1.29, 1.82) is 0 Å². The van der Waals surface area contributed by atoms with Crippen LogP contribution in [0.25, 0.3) is 11.4 Å². The topological polar surface area (TPSA) is 67.3 Å². The molecule has 0 spiro atoms. The molecule has 2 rings (SSSR count). The molecule has 0 saturated carbocycles. The highest BCUT2D eigenvalue weighted by atomic mass is 16.5. The van der Waals surface area contributed by atoms with Gasteiger partial charge in [-0.2, -0.15) is 0 Å². The van der Waals surface area contributed by atoms with Crippen molar-refractivity contribution in [3.63, 3.8) is 0 Å². The van der Waals surface area contributed by atoms with E-state index in [1.165, 1.54) is 0 Å². The maximum atomic E-state index is 8.58. The standard InChI is InChI=1S/C14H17N3O2/c18-9-11-19-10-8-15-13-6-7-16-14(17-13)12-4-2-1-3-5-12/h1-7,18H,8-11H2,(H,15,16,17). The SMILES string of the molecule is OCCOCCNc1ccnc(-c2ccccc2)n1. The zero-order valence-corrected chi connectivity index (χ0v) is 10.6. The Morgan fingerprint density at radius 2 is 1.95 bits per heavy atom. The molecule has 0 amide bonds. The van der Waals surface area contributed by atoms with Gasteiger partial charge in [0.25, 0.3) is 0 Å². The predicted octanol–water partition coefficient (Wildman–Crippen LogP) is 1.56. The first-order chi connectivity index (χ1) is 9.40. The van der Waals surface area contributed by atoms with Crippen LogP contribution in [0.5, 0.6) is 0 Å². The number of hydrogen-bond donors (Lipinski definition) is 2. The van der Waals surface area contributed by atoms with Gasteiger partial charge in [-0.05, 0) is 6.07 Å². The van der Waals surface area contributed by atoms with Gasteiger partial charge < -0.3 is 15.2 Å². The zero-order valence-electron chi connectivity index (χ0n) is 10.6. The van der Waals surface area contributed by atoms with E-state index in [1.54, 1.807) is 6.20 Å². The highest BCUT2D eigenvalue weighted by molar-refractivity contribution is 5.56. The minimum atomic E-state index is 0.0473. The first kappa shape index (κ1) is 13.5. The molecule has 2 aromatic rings. The summed E-state index contributed by atoms with van der Waals surface area (Å²) in [6.45, 7) is 1.59. The summed E-state index contributed by atoms with van der Waals surface area (Å²) in [7, 11) is 0. The van der Waals surface area contributed by atoms with E-state index in [9.17, 15) is 0 Å². The van der Waals surface area contributed by atoms with Crippen molar-refractivity contribution in [2.24, 2.45) is 0 Å². The lowest BCUT2D eigenvalue weighted by molar-refractivity contribution is 0.0992. The van der Waals surface area contributed by atoms with E-state index in [0.29, 0.717) is 25.6 Å². The Morgan fingerprint density at radius 3 is 2.74 bits per heavy atom. The van der Waals surface area contributed by atoms with Crippen LogP contribution >= 0.6 is 0 Å². The van der Waals surface area contributed by atoms with Gasteiger partial charge >= 0.3 is 0 Å². The number of nitrogens with one attached hydrogen (secondary N) is 1. The van der Waals surface area contributed by atoms with E-state index < -0.39 is 0 Å². The van der Waals surface area contributed by atoms with Crippen LogP contribution in [0.3, 0.4) is 0 Å². The Hall–Kier alpha value is -1.98. The summed E-state index contributed by atoms with van der Waals surface area (Å²) in [5.41, 5.74) is 0.989. The van der Waals surface area contributed by atoms with Gasteiger partial charge in [-0.25, -0.2) is 9.97 Å². The molecule has 0 radical (unpaired) electrons. The van der Waals surface area contributed by atoms with E-state index >= 15 is 0 Å². The molecule has 0 aliphatic rings. The molecule has 0 aliphatic carbocycles. The normalized spacial score (nSPS) is 10.4. The molecule has 2 N–H and O–H groups in total. The maximum absolute atomic E-state index is 8.58. The number of nitrogens with zero attached hydrogens (tertiary/aromatic N) is 2. The van der Waals surface area contributed by atoms with Crippen LogP contribution in [0, 0.1) is 0 Å². The zero-order chi connectivity index (χ0) is 13.3. The second kappa shape index (κ2) is 7.45. The Labute approximate surface area is 112 Å².